The number of hydrogen-bond donors (Lipinski definition) is 15. The third-order valence-corrected chi connectivity index (χ3v) is 16.0. The predicted molar refractivity (Wildman–Crippen MR) is 314 cm³/mol. The van der Waals surface area contributed by atoms with Crippen LogP contribution >= 0.6 is 0 Å². The van der Waals surface area contributed by atoms with E-state index in [9.17, 15) is 69.9 Å². The molecule has 1 saturated heterocycles. The first-order valence-electron chi connectivity index (χ1n) is 28.5. The number of carbonyl (C=O) groups excluding carboxylic acids is 3. The molecule has 27 heteroatoms. The van der Waals surface area contributed by atoms with Gasteiger partial charge in [0.25, 0.3) is 0 Å². The van der Waals surface area contributed by atoms with Gasteiger partial charge >= 0.3 is 11.9 Å². The SMILES string of the molecule is CNCC(O)C1CCCCC1NCC(C=O)N=C(N)NC(CO)(OC(=O)C(NCCC=O)C(=O)O)C1OC(Oc2ccc3c(=O)c(-c4ccc(O)cc4)coc3c2)C(On2cc3cc[nH]c3c2-c2cc(C)cc(C)c2)C(O)(C(O)CCCO)C1(O)CO. The van der Waals surface area contributed by atoms with Crippen LogP contribution in [0.1, 0.15) is 56.1 Å². The number of aryl methyl sites for hydroxylation is 2. The second-order valence-corrected chi connectivity index (χ2v) is 22.1. The van der Waals surface area contributed by atoms with E-state index in [-0.39, 0.29) is 59.4 Å². The summed E-state index contributed by atoms with van der Waals surface area (Å²) in [5, 5.41) is 117. The van der Waals surface area contributed by atoms with Crippen molar-refractivity contribution in [3.8, 4) is 33.9 Å². The summed E-state index contributed by atoms with van der Waals surface area (Å²) in [5.74, 6) is -4.99. The highest BCUT2D eigenvalue weighted by Gasteiger charge is 2.75. The van der Waals surface area contributed by atoms with E-state index in [1.165, 1.54) is 59.7 Å². The molecule has 0 spiro atoms. The maximum absolute atomic E-state index is 14.5. The quantitative estimate of drug-likeness (QED) is 0.00558. The number of carboxylic acid groups (broad SMARTS) is 1. The van der Waals surface area contributed by atoms with E-state index in [2.05, 4.69) is 31.2 Å². The van der Waals surface area contributed by atoms with Crippen LogP contribution < -0.4 is 42.0 Å². The average molecular weight is 1210 g/mol. The van der Waals surface area contributed by atoms with E-state index in [1.807, 2.05) is 32.0 Å². The molecule has 12 atom stereocenters. The number of aldehydes is 2. The number of carbonyl (C=O) groups is 4. The molecular formula is C60H76N8O19. The summed E-state index contributed by atoms with van der Waals surface area (Å²) in [5.41, 5.74) is -0.710. The number of H-pyrrole nitrogens is 1. The van der Waals surface area contributed by atoms with E-state index in [4.69, 9.17) is 29.2 Å². The minimum absolute atomic E-state index is 0.0305. The Labute approximate surface area is 498 Å². The number of nitrogens with one attached hydrogen (secondary N) is 5. The van der Waals surface area contributed by atoms with Crippen molar-refractivity contribution >= 4 is 52.3 Å². The van der Waals surface area contributed by atoms with Crippen molar-refractivity contribution in [1.29, 1.82) is 0 Å². The number of likely N-dealkylation sites (N-methyl/N-ethyl adjacent to an activating group) is 1. The summed E-state index contributed by atoms with van der Waals surface area (Å²) >= 11 is 0. The molecule has 12 unspecified atom stereocenters. The van der Waals surface area contributed by atoms with Gasteiger partial charge in [-0.05, 0) is 94.6 Å². The van der Waals surface area contributed by atoms with Gasteiger partial charge < -0.3 is 106 Å². The lowest BCUT2D eigenvalue weighted by Crippen LogP contribution is -2.86. The van der Waals surface area contributed by atoms with Crippen LogP contribution in [0.15, 0.2) is 99.6 Å². The molecular weight excluding hydrogens is 1140 g/mol. The Morgan fingerprint density at radius 1 is 0.989 bits per heavy atom. The zero-order valence-electron chi connectivity index (χ0n) is 48.2. The lowest BCUT2D eigenvalue weighted by Gasteiger charge is -2.59. The maximum atomic E-state index is 14.5. The molecule has 1 aliphatic carbocycles. The first-order valence-corrected chi connectivity index (χ1v) is 28.5. The smallest absolute Gasteiger partial charge is 0.337 e. The van der Waals surface area contributed by atoms with Crippen molar-refractivity contribution in [3.63, 3.8) is 0 Å². The van der Waals surface area contributed by atoms with Gasteiger partial charge in [0.05, 0.1) is 41.5 Å². The second-order valence-electron chi connectivity index (χ2n) is 22.1. The summed E-state index contributed by atoms with van der Waals surface area (Å²) in [6.45, 7) is -0.514. The number of rotatable bonds is 29. The fourth-order valence-electron chi connectivity index (χ4n) is 11.8. The minimum atomic E-state index is -3.54. The van der Waals surface area contributed by atoms with Crippen LogP contribution in [0.5, 0.6) is 11.5 Å². The maximum Gasteiger partial charge on any atom is 0.337 e. The van der Waals surface area contributed by atoms with Crippen LogP contribution in [0.3, 0.4) is 0 Å². The second kappa shape index (κ2) is 28.4. The van der Waals surface area contributed by atoms with E-state index in [1.54, 1.807) is 19.3 Å². The number of aromatic hydroxyl groups is 1. The number of aromatic nitrogens is 2. The summed E-state index contributed by atoms with van der Waals surface area (Å²) < 4.78 is 26.3. The molecule has 16 N–H and O–H groups in total. The Kier molecular flexibility index (Phi) is 21.2. The number of aliphatic imine (C=N–C) groups is 1. The molecule has 0 amide bonds. The van der Waals surface area contributed by atoms with Gasteiger partial charge in [-0.3, -0.25) is 10.1 Å². The van der Waals surface area contributed by atoms with Gasteiger partial charge in [0.1, 0.15) is 54.3 Å². The molecule has 87 heavy (non-hydrogen) atoms. The number of hydrogen-bond acceptors (Lipinski definition) is 22. The number of esters is 1. The zero-order valence-corrected chi connectivity index (χ0v) is 48.2. The Hall–Kier alpha value is -7.80. The van der Waals surface area contributed by atoms with E-state index >= 15 is 0 Å². The summed E-state index contributed by atoms with van der Waals surface area (Å²) in [7, 11) is 1.70. The number of guanidine groups is 1. The Morgan fingerprint density at radius 3 is 2.39 bits per heavy atom. The molecule has 6 aromatic rings. The largest absolute Gasteiger partial charge is 0.508 e. The number of phenols is 1. The molecule has 27 nitrogen and oxygen atoms in total. The van der Waals surface area contributed by atoms with Crippen LogP contribution in [0.2, 0.25) is 0 Å². The minimum Gasteiger partial charge on any atom is -0.508 e. The normalized spacial score (nSPS) is 23.7. The number of carboxylic acids is 1. The molecule has 2 fully saturated rings. The Bertz CT molecular complexity index is 3430. The van der Waals surface area contributed by atoms with Crippen LogP contribution in [0.25, 0.3) is 44.3 Å². The first kappa shape index (κ1) is 65.2. The summed E-state index contributed by atoms with van der Waals surface area (Å²) in [6, 6.07) is 12.9. The predicted octanol–water partition coefficient (Wildman–Crippen LogP) is -0.0147. The fraction of sp³-hybridized carbons (Fsp3) is 0.467. The highest BCUT2D eigenvalue weighted by molar-refractivity contribution is 5.98. The number of aromatic amines is 1. The fourth-order valence-corrected chi connectivity index (χ4v) is 11.8. The number of phenolic OH excluding ortho intramolecular Hbond substituents is 1. The van der Waals surface area contributed by atoms with Gasteiger partial charge in [0.2, 0.25) is 24.2 Å². The van der Waals surface area contributed by atoms with E-state index < -0.39 is 116 Å². The molecule has 1 saturated carbocycles. The van der Waals surface area contributed by atoms with Crippen LogP contribution in [0.4, 0.5) is 0 Å². The molecule has 8 rings (SSSR count). The Balaban J connectivity index is 1.31. The van der Waals surface area contributed by atoms with Gasteiger partial charge in [-0.1, -0.05) is 42.2 Å². The van der Waals surface area contributed by atoms with Crippen molar-refractivity contribution in [1.82, 2.24) is 31.0 Å². The van der Waals surface area contributed by atoms with Gasteiger partial charge in [0.15, 0.2) is 28.7 Å². The van der Waals surface area contributed by atoms with Crippen molar-refractivity contribution in [3.05, 3.63) is 107 Å². The van der Waals surface area contributed by atoms with Crippen molar-refractivity contribution < 1.29 is 88.6 Å². The van der Waals surface area contributed by atoms with Crippen LogP contribution in [-0.2, 0) is 28.7 Å². The van der Waals surface area contributed by atoms with Gasteiger partial charge in [-0.2, -0.15) is 4.73 Å². The molecule has 2 aliphatic rings. The summed E-state index contributed by atoms with van der Waals surface area (Å²) in [4.78, 5) is 79.8. The topological polar surface area (TPSA) is 425 Å². The van der Waals surface area contributed by atoms with E-state index in [0.717, 1.165) is 24.0 Å². The lowest BCUT2D eigenvalue weighted by molar-refractivity contribution is -0.400. The third kappa shape index (κ3) is 13.8. The number of nitrogens with two attached hydrogens (primary N) is 1. The Morgan fingerprint density at radius 2 is 1.72 bits per heavy atom. The number of nitrogens with zero attached hydrogens (tertiary/aromatic N) is 2. The number of benzene rings is 3. The molecule has 0 radical (unpaired) electrons. The molecule has 0 bridgehead atoms. The van der Waals surface area contributed by atoms with E-state index in [0.29, 0.717) is 59.7 Å². The zero-order chi connectivity index (χ0) is 62.8. The van der Waals surface area contributed by atoms with Crippen molar-refractivity contribution in [2.75, 3.05) is 46.5 Å². The number of fused-ring (bicyclic) bond motifs is 2. The standard InChI is InChI=1S/C60H76N8O19/c1-33-22-34(2)24-37(23-33)50-48-36(17-19-64-48)28-68(50)87-52-55(84-40-15-16-42-46(25-40)83-30-43(51(42)77)35-11-13-39(74)14-12-35)85-56(58(81,31-72)60(52,82)47(76)10-6-20-69)59(32-73,86-54(80)49(53(78)79)63-18-7-21-70)67-57(61)66-38(29-71)26-65-44-9-5-4-8-41(44)45(75)27-62-3/h11-17,19,21-25,28-30,38,41,44-45,47,49,52,55-56,62-65,69,72-76,81-82H,4-10,18,20,26-27,31-32H2,1-3H3,(H,78,79)(H3,61,66,67). The average Bonchev–Trinajstić information content (AvgIpc) is 0.866. The van der Waals surface area contributed by atoms with Gasteiger partial charge in [-0.15, -0.1) is 0 Å². The van der Waals surface area contributed by atoms with Crippen molar-refractivity contribution in [2.45, 2.75) is 125 Å². The molecule has 3 aromatic heterocycles. The number of ether oxygens (including phenoxy) is 3. The third-order valence-electron chi connectivity index (χ3n) is 16.0. The molecule has 470 valence electrons. The van der Waals surface area contributed by atoms with Crippen LogP contribution in [0, 0.1) is 19.8 Å². The number of aliphatic hydroxyl groups is 7. The highest BCUT2D eigenvalue weighted by Crippen LogP contribution is 2.47. The number of aliphatic carboxylic acids is 1. The molecule has 4 heterocycles. The summed E-state index contributed by atoms with van der Waals surface area (Å²) in [6.07, 6.45) is -3.46. The lowest BCUT2D eigenvalue weighted by atomic mass is 9.66. The molecule has 1 aliphatic heterocycles. The molecule has 3 aromatic carbocycles. The van der Waals surface area contributed by atoms with Crippen molar-refractivity contribution in [2.24, 2.45) is 16.6 Å². The monoisotopic (exact) mass is 1210 g/mol. The highest BCUT2D eigenvalue weighted by atomic mass is 16.8. The first-order chi connectivity index (χ1) is 41.7. The van der Waals surface area contributed by atoms with Gasteiger partial charge in [-0.25, -0.2) is 14.6 Å². The van der Waals surface area contributed by atoms with Gasteiger partial charge in [0, 0.05) is 67.8 Å². The van der Waals surface area contributed by atoms with Crippen LogP contribution in [-0.4, -0.2) is 198 Å². The number of aliphatic hydroxyl groups excluding tert-OH is 5.